The van der Waals surface area contributed by atoms with E-state index < -0.39 is 0 Å². The van der Waals surface area contributed by atoms with Gasteiger partial charge in [0.1, 0.15) is 0 Å². The fourth-order valence-corrected chi connectivity index (χ4v) is 2.91. The number of thioether (sulfide) groups is 1. The van der Waals surface area contributed by atoms with Crippen LogP contribution in [0.2, 0.25) is 0 Å². The fourth-order valence-electron chi connectivity index (χ4n) is 1.39. The van der Waals surface area contributed by atoms with Crippen molar-refractivity contribution in [1.82, 2.24) is 0 Å². The minimum absolute atomic E-state index is 0.0718. The van der Waals surface area contributed by atoms with Crippen LogP contribution in [0.5, 0.6) is 0 Å². The molecule has 1 aliphatic rings. The standard InChI is InChI=1S/C10H10INOS/c1-2-8-10(13)12-7-5-6(11)3-4-9(7)14-8/h3-5,8H,2H2,1H3,(H,12,13). The van der Waals surface area contributed by atoms with Gasteiger partial charge in [-0.05, 0) is 47.2 Å². The van der Waals surface area contributed by atoms with Crippen LogP contribution in [0.1, 0.15) is 13.3 Å². The molecule has 14 heavy (non-hydrogen) atoms. The second kappa shape index (κ2) is 4.10. The number of nitrogens with one attached hydrogen (secondary N) is 1. The maximum Gasteiger partial charge on any atom is 0.237 e. The normalized spacial score (nSPS) is 20.1. The highest BCUT2D eigenvalue weighted by atomic mass is 127. The third kappa shape index (κ3) is 1.91. The summed E-state index contributed by atoms with van der Waals surface area (Å²) in [5.41, 5.74) is 0.955. The molecule has 0 aliphatic carbocycles. The van der Waals surface area contributed by atoms with Crippen molar-refractivity contribution in [2.75, 3.05) is 5.32 Å². The molecule has 2 nitrogen and oxygen atoms in total. The smallest absolute Gasteiger partial charge is 0.237 e. The van der Waals surface area contributed by atoms with Gasteiger partial charge in [-0.2, -0.15) is 0 Å². The Bertz CT molecular complexity index is 380. The van der Waals surface area contributed by atoms with Crippen LogP contribution in [-0.2, 0) is 4.79 Å². The van der Waals surface area contributed by atoms with Gasteiger partial charge in [-0.15, -0.1) is 11.8 Å². The number of halogens is 1. The van der Waals surface area contributed by atoms with Gasteiger partial charge in [0.05, 0.1) is 10.9 Å². The van der Waals surface area contributed by atoms with Crippen LogP contribution in [0.25, 0.3) is 0 Å². The quantitative estimate of drug-likeness (QED) is 0.806. The molecule has 0 radical (unpaired) electrons. The van der Waals surface area contributed by atoms with Gasteiger partial charge in [0.25, 0.3) is 0 Å². The lowest BCUT2D eigenvalue weighted by Crippen LogP contribution is -2.28. The number of rotatable bonds is 1. The van der Waals surface area contributed by atoms with Crippen LogP contribution in [0.3, 0.4) is 0 Å². The minimum atomic E-state index is 0.0718. The summed E-state index contributed by atoms with van der Waals surface area (Å²) in [7, 11) is 0. The maximum atomic E-state index is 11.6. The van der Waals surface area contributed by atoms with E-state index in [0.29, 0.717) is 0 Å². The first kappa shape index (κ1) is 10.3. The lowest BCUT2D eigenvalue weighted by molar-refractivity contribution is -0.115. The average molecular weight is 319 g/mol. The first-order valence-electron chi connectivity index (χ1n) is 4.47. The molecule has 0 aromatic heterocycles. The van der Waals surface area contributed by atoms with Crippen LogP contribution in [-0.4, -0.2) is 11.2 Å². The van der Waals surface area contributed by atoms with E-state index in [1.807, 2.05) is 13.0 Å². The van der Waals surface area contributed by atoms with E-state index in [0.717, 1.165) is 15.7 Å². The molecule has 1 unspecified atom stereocenters. The van der Waals surface area contributed by atoms with E-state index in [9.17, 15) is 4.79 Å². The van der Waals surface area contributed by atoms with Crippen LogP contribution in [0, 0.1) is 3.57 Å². The van der Waals surface area contributed by atoms with Gasteiger partial charge < -0.3 is 5.32 Å². The van der Waals surface area contributed by atoms with Gasteiger partial charge in [-0.1, -0.05) is 6.92 Å². The van der Waals surface area contributed by atoms with Crippen molar-refractivity contribution >= 4 is 45.9 Å². The SMILES string of the molecule is CCC1Sc2ccc(I)cc2NC1=O. The molecule has 1 aliphatic heterocycles. The molecular weight excluding hydrogens is 309 g/mol. The zero-order valence-corrected chi connectivity index (χ0v) is 10.7. The van der Waals surface area contributed by atoms with Crippen LogP contribution in [0.15, 0.2) is 23.1 Å². The Morgan fingerprint density at radius 1 is 1.57 bits per heavy atom. The summed E-state index contributed by atoms with van der Waals surface area (Å²) < 4.78 is 1.15. The summed E-state index contributed by atoms with van der Waals surface area (Å²) in [5.74, 6) is 0.131. The predicted molar refractivity (Wildman–Crippen MR) is 67.7 cm³/mol. The zero-order chi connectivity index (χ0) is 10.1. The number of hydrogen-bond acceptors (Lipinski definition) is 2. The Morgan fingerprint density at radius 3 is 3.07 bits per heavy atom. The van der Waals surface area contributed by atoms with E-state index >= 15 is 0 Å². The summed E-state index contributed by atoms with van der Waals surface area (Å²) in [6.07, 6.45) is 0.877. The Hall–Kier alpha value is -0.230. The monoisotopic (exact) mass is 319 g/mol. The molecule has 0 saturated heterocycles. The van der Waals surface area contributed by atoms with Crippen molar-refractivity contribution < 1.29 is 4.79 Å². The summed E-state index contributed by atoms with van der Waals surface area (Å²) in [6.45, 7) is 2.04. The van der Waals surface area contributed by atoms with Gasteiger partial charge in [-0.3, -0.25) is 4.79 Å². The van der Waals surface area contributed by atoms with Crippen molar-refractivity contribution in [2.45, 2.75) is 23.5 Å². The summed E-state index contributed by atoms with van der Waals surface area (Å²) in [4.78, 5) is 12.7. The van der Waals surface area contributed by atoms with Crippen molar-refractivity contribution in [3.63, 3.8) is 0 Å². The molecule has 1 N–H and O–H groups in total. The number of fused-ring (bicyclic) bond motifs is 1. The van der Waals surface area contributed by atoms with E-state index in [1.165, 1.54) is 4.90 Å². The summed E-state index contributed by atoms with van der Waals surface area (Å²) in [5, 5.41) is 3.01. The van der Waals surface area contributed by atoms with Gasteiger partial charge in [0.15, 0.2) is 0 Å². The van der Waals surface area contributed by atoms with E-state index in [2.05, 4.69) is 40.0 Å². The predicted octanol–water partition coefficient (Wildman–Crippen LogP) is 3.11. The lowest BCUT2D eigenvalue weighted by atomic mass is 10.2. The number of anilines is 1. The fraction of sp³-hybridized carbons (Fsp3) is 0.300. The van der Waals surface area contributed by atoms with Gasteiger partial charge >= 0.3 is 0 Å². The van der Waals surface area contributed by atoms with Crippen molar-refractivity contribution in [3.8, 4) is 0 Å². The first-order chi connectivity index (χ1) is 6.70. The number of carbonyl (C=O) groups is 1. The highest BCUT2D eigenvalue weighted by Crippen LogP contribution is 2.37. The summed E-state index contributed by atoms with van der Waals surface area (Å²) in [6, 6.07) is 6.15. The highest BCUT2D eigenvalue weighted by Gasteiger charge is 2.24. The van der Waals surface area contributed by atoms with Gasteiger partial charge in [0, 0.05) is 8.47 Å². The molecule has 0 fully saturated rings. The van der Waals surface area contributed by atoms with Crippen molar-refractivity contribution in [2.24, 2.45) is 0 Å². The molecule has 4 heteroatoms. The molecule has 74 valence electrons. The average Bonchev–Trinajstić information content (AvgIpc) is 2.16. The highest BCUT2D eigenvalue weighted by molar-refractivity contribution is 14.1. The largest absolute Gasteiger partial charge is 0.324 e. The third-order valence-electron chi connectivity index (χ3n) is 2.13. The van der Waals surface area contributed by atoms with Crippen LogP contribution < -0.4 is 5.32 Å². The minimum Gasteiger partial charge on any atom is -0.324 e. The Kier molecular flexibility index (Phi) is 3.02. The van der Waals surface area contributed by atoms with Crippen molar-refractivity contribution in [1.29, 1.82) is 0 Å². The molecule has 1 aromatic carbocycles. The zero-order valence-electron chi connectivity index (χ0n) is 7.71. The van der Waals surface area contributed by atoms with Gasteiger partial charge in [-0.25, -0.2) is 0 Å². The number of amides is 1. The second-order valence-electron chi connectivity index (χ2n) is 3.14. The number of benzene rings is 1. The van der Waals surface area contributed by atoms with Crippen molar-refractivity contribution in [3.05, 3.63) is 21.8 Å². The molecule has 1 aromatic rings. The topological polar surface area (TPSA) is 29.1 Å². The second-order valence-corrected chi connectivity index (χ2v) is 5.63. The van der Waals surface area contributed by atoms with Crippen LogP contribution in [0.4, 0.5) is 5.69 Å². The molecule has 0 bridgehead atoms. The Morgan fingerprint density at radius 2 is 2.36 bits per heavy atom. The van der Waals surface area contributed by atoms with Gasteiger partial charge in [0.2, 0.25) is 5.91 Å². The molecule has 1 heterocycles. The maximum absolute atomic E-state index is 11.6. The third-order valence-corrected chi connectivity index (χ3v) is 4.24. The lowest BCUT2D eigenvalue weighted by Gasteiger charge is -2.23. The number of carbonyl (C=O) groups excluding carboxylic acids is 1. The molecule has 2 rings (SSSR count). The Balaban J connectivity index is 2.35. The first-order valence-corrected chi connectivity index (χ1v) is 6.43. The molecule has 0 spiro atoms. The molecular formula is C10H10INOS. The molecule has 1 atom stereocenters. The van der Waals surface area contributed by atoms with E-state index in [4.69, 9.17) is 0 Å². The summed E-state index contributed by atoms with van der Waals surface area (Å²) >= 11 is 3.91. The van der Waals surface area contributed by atoms with E-state index in [1.54, 1.807) is 11.8 Å². The molecule has 1 amide bonds. The van der Waals surface area contributed by atoms with Crippen LogP contribution >= 0.6 is 34.4 Å². The van der Waals surface area contributed by atoms with E-state index in [-0.39, 0.29) is 11.2 Å². The Labute approximate surface area is 101 Å². The molecule has 0 saturated carbocycles. The number of hydrogen-bond donors (Lipinski definition) is 1.